The van der Waals surface area contributed by atoms with Gasteiger partial charge in [0.25, 0.3) is 0 Å². The summed E-state index contributed by atoms with van der Waals surface area (Å²) in [5, 5.41) is 15.9. The van der Waals surface area contributed by atoms with Crippen molar-refractivity contribution in [2.45, 2.75) is 64.2 Å². The molecule has 0 saturated carbocycles. The number of unbranched alkanes of at least 4 members (excludes halogenated alkanes) is 5. The molecule has 0 atom stereocenters. The molecule has 0 saturated heterocycles. The van der Waals surface area contributed by atoms with Gasteiger partial charge in [-0.25, -0.2) is 4.79 Å². The summed E-state index contributed by atoms with van der Waals surface area (Å²) in [6.45, 7) is 1.57. The Hall–Kier alpha value is -2.30. The molecule has 146 valence electrons. The number of anilines is 1. The fraction of sp³-hybridized carbons (Fsp3) is 0.545. The second kappa shape index (κ2) is 10.1. The molecule has 0 bridgehead atoms. The van der Waals surface area contributed by atoms with Gasteiger partial charge in [0.15, 0.2) is 0 Å². The normalized spacial score (nSPS) is 13.3. The van der Waals surface area contributed by atoms with Crippen molar-refractivity contribution in [1.82, 2.24) is 10.3 Å². The molecule has 5 nitrogen and oxygen atoms in total. The molecule has 0 spiro atoms. The molecule has 0 radical (unpaired) electrons. The van der Waals surface area contributed by atoms with Crippen LogP contribution in [-0.4, -0.2) is 29.3 Å². The molecule has 1 aliphatic carbocycles. The summed E-state index contributed by atoms with van der Waals surface area (Å²) in [7, 11) is 0. The Labute approximate surface area is 161 Å². The van der Waals surface area contributed by atoms with E-state index in [-0.39, 0.29) is 0 Å². The molecule has 1 heterocycles. The summed E-state index contributed by atoms with van der Waals surface area (Å²) in [4.78, 5) is 15.3. The van der Waals surface area contributed by atoms with Crippen LogP contribution in [0.2, 0.25) is 0 Å². The van der Waals surface area contributed by atoms with Crippen LogP contribution in [0.5, 0.6) is 0 Å². The quantitative estimate of drug-likeness (QED) is 0.507. The van der Waals surface area contributed by atoms with Crippen LogP contribution in [0.25, 0.3) is 10.9 Å². The molecule has 0 unspecified atom stereocenters. The van der Waals surface area contributed by atoms with Gasteiger partial charge in [-0.1, -0.05) is 43.9 Å². The molecule has 1 aliphatic rings. The van der Waals surface area contributed by atoms with Crippen LogP contribution in [0, 0.1) is 0 Å². The van der Waals surface area contributed by atoms with E-state index in [4.69, 9.17) is 10.1 Å². The van der Waals surface area contributed by atoms with Crippen molar-refractivity contribution < 1.29 is 9.90 Å². The average molecular weight is 370 g/mol. The Morgan fingerprint density at radius 3 is 2.48 bits per heavy atom. The van der Waals surface area contributed by atoms with Crippen molar-refractivity contribution in [2.75, 3.05) is 18.4 Å². The van der Waals surface area contributed by atoms with Crippen molar-refractivity contribution >= 4 is 22.7 Å². The molecule has 1 aromatic carbocycles. The smallest absolute Gasteiger partial charge is 0.404 e. The van der Waals surface area contributed by atoms with E-state index >= 15 is 0 Å². The number of pyridine rings is 1. The number of benzene rings is 1. The van der Waals surface area contributed by atoms with E-state index < -0.39 is 6.09 Å². The van der Waals surface area contributed by atoms with E-state index in [1.54, 1.807) is 0 Å². The van der Waals surface area contributed by atoms with Crippen molar-refractivity contribution in [2.24, 2.45) is 0 Å². The van der Waals surface area contributed by atoms with Crippen LogP contribution in [0.1, 0.15) is 62.6 Å². The third-order valence-electron chi connectivity index (χ3n) is 5.35. The first-order valence-corrected chi connectivity index (χ1v) is 10.4. The summed E-state index contributed by atoms with van der Waals surface area (Å²) in [6.07, 6.45) is 10.6. The monoisotopic (exact) mass is 369 g/mol. The van der Waals surface area contributed by atoms with E-state index in [0.717, 1.165) is 37.7 Å². The number of nitrogens with zero attached hydrogens (tertiary/aromatic N) is 1. The van der Waals surface area contributed by atoms with E-state index in [0.29, 0.717) is 6.54 Å². The topological polar surface area (TPSA) is 74.2 Å². The highest BCUT2D eigenvalue weighted by Gasteiger charge is 2.17. The van der Waals surface area contributed by atoms with Crippen LogP contribution in [0.15, 0.2) is 24.3 Å². The maximum absolute atomic E-state index is 10.4. The number of para-hydroxylation sites is 1. The lowest BCUT2D eigenvalue weighted by Crippen LogP contribution is -2.21. The van der Waals surface area contributed by atoms with Gasteiger partial charge in [0.2, 0.25) is 0 Å². The number of rotatable bonds is 10. The maximum atomic E-state index is 10.4. The first kappa shape index (κ1) is 19.5. The third kappa shape index (κ3) is 5.59. The minimum absolute atomic E-state index is 0.567. The maximum Gasteiger partial charge on any atom is 0.404 e. The van der Waals surface area contributed by atoms with Gasteiger partial charge in [0, 0.05) is 29.9 Å². The Kier molecular flexibility index (Phi) is 7.31. The van der Waals surface area contributed by atoms with Gasteiger partial charge >= 0.3 is 6.09 Å². The molecular formula is C22H31N3O2. The molecule has 1 amide bonds. The number of hydrogen-bond donors (Lipinski definition) is 3. The van der Waals surface area contributed by atoms with Crippen molar-refractivity contribution in [3.63, 3.8) is 0 Å². The minimum atomic E-state index is -0.924. The number of aryl methyl sites for hydroxylation is 1. The molecule has 3 N–H and O–H groups in total. The van der Waals surface area contributed by atoms with E-state index in [1.165, 1.54) is 60.9 Å². The number of aromatic nitrogens is 1. The highest BCUT2D eigenvalue weighted by atomic mass is 16.4. The van der Waals surface area contributed by atoms with Gasteiger partial charge in [0.05, 0.1) is 5.52 Å². The first-order chi connectivity index (χ1) is 13.3. The fourth-order valence-electron chi connectivity index (χ4n) is 3.94. The zero-order valence-electron chi connectivity index (χ0n) is 16.1. The average Bonchev–Trinajstić information content (AvgIpc) is 2.68. The third-order valence-corrected chi connectivity index (χ3v) is 5.35. The van der Waals surface area contributed by atoms with Gasteiger partial charge < -0.3 is 15.7 Å². The molecular weight excluding hydrogens is 338 g/mol. The standard InChI is InChI=1S/C22H31N3O2/c26-22(27)24-16-10-4-2-1-3-9-15-23-21-17-11-5-7-13-19(17)25-20-14-8-6-12-18(20)21/h5,7,11,13,24H,1-4,6,8-10,12,14-16H2,(H,23,25)(H,26,27). The fourth-order valence-corrected chi connectivity index (χ4v) is 3.94. The van der Waals surface area contributed by atoms with Crippen LogP contribution >= 0.6 is 0 Å². The largest absolute Gasteiger partial charge is 0.465 e. The van der Waals surface area contributed by atoms with Gasteiger partial charge in [0.1, 0.15) is 0 Å². The molecule has 0 aliphatic heterocycles. The number of amides is 1. The molecule has 1 aromatic heterocycles. The summed E-state index contributed by atoms with van der Waals surface area (Å²) >= 11 is 0. The number of fused-ring (bicyclic) bond motifs is 2. The lowest BCUT2D eigenvalue weighted by atomic mass is 9.92. The second-order valence-corrected chi connectivity index (χ2v) is 7.42. The highest BCUT2D eigenvalue weighted by Crippen LogP contribution is 2.33. The van der Waals surface area contributed by atoms with Gasteiger partial charge in [-0.05, 0) is 50.2 Å². The Balaban J connectivity index is 1.44. The molecule has 2 aromatic rings. The number of hydrogen-bond acceptors (Lipinski definition) is 3. The Morgan fingerprint density at radius 1 is 0.963 bits per heavy atom. The van der Waals surface area contributed by atoms with E-state index in [9.17, 15) is 4.79 Å². The second-order valence-electron chi connectivity index (χ2n) is 7.42. The summed E-state index contributed by atoms with van der Waals surface area (Å²) in [5.74, 6) is 0. The zero-order chi connectivity index (χ0) is 18.9. The Bertz CT molecular complexity index is 761. The van der Waals surface area contributed by atoms with Crippen LogP contribution < -0.4 is 10.6 Å². The summed E-state index contributed by atoms with van der Waals surface area (Å²) in [6, 6.07) is 8.48. The van der Waals surface area contributed by atoms with Crippen molar-refractivity contribution in [3.8, 4) is 0 Å². The first-order valence-electron chi connectivity index (χ1n) is 10.4. The van der Waals surface area contributed by atoms with Gasteiger partial charge in [-0.15, -0.1) is 0 Å². The minimum Gasteiger partial charge on any atom is -0.465 e. The molecule has 3 rings (SSSR count). The van der Waals surface area contributed by atoms with Gasteiger partial charge in [-0.3, -0.25) is 4.98 Å². The summed E-state index contributed by atoms with van der Waals surface area (Å²) < 4.78 is 0. The van der Waals surface area contributed by atoms with E-state index in [1.807, 2.05) is 0 Å². The SMILES string of the molecule is O=C(O)NCCCCCCCCNc1c2c(nc3ccccc13)CCCC2. The molecule has 0 fully saturated rings. The molecule has 5 heteroatoms. The lowest BCUT2D eigenvalue weighted by Gasteiger charge is -2.21. The van der Waals surface area contributed by atoms with E-state index in [2.05, 4.69) is 34.9 Å². The predicted octanol–water partition coefficient (Wildman–Crippen LogP) is 5.13. The van der Waals surface area contributed by atoms with Gasteiger partial charge in [-0.2, -0.15) is 0 Å². The van der Waals surface area contributed by atoms with Crippen LogP contribution in [0.4, 0.5) is 10.5 Å². The van der Waals surface area contributed by atoms with Crippen molar-refractivity contribution in [3.05, 3.63) is 35.5 Å². The molecule has 27 heavy (non-hydrogen) atoms. The van der Waals surface area contributed by atoms with Crippen LogP contribution in [0.3, 0.4) is 0 Å². The van der Waals surface area contributed by atoms with Crippen molar-refractivity contribution in [1.29, 1.82) is 0 Å². The number of carbonyl (C=O) groups is 1. The lowest BCUT2D eigenvalue weighted by molar-refractivity contribution is 0.194. The summed E-state index contributed by atoms with van der Waals surface area (Å²) in [5.41, 5.74) is 5.15. The van der Waals surface area contributed by atoms with Crippen LogP contribution in [-0.2, 0) is 12.8 Å². The Morgan fingerprint density at radius 2 is 1.67 bits per heavy atom. The zero-order valence-corrected chi connectivity index (χ0v) is 16.1. The predicted molar refractivity (Wildman–Crippen MR) is 111 cm³/mol. The highest BCUT2D eigenvalue weighted by molar-refractivity contribution is 5.93. The number of nitrogens with one attached hydrogen (secondary N) is 2. The number of carboxylic acid groups (broad SMARTS) is 1.